The predicted octanol–water partition coefficient (Wildman–Crippen LogP) is 13.1. The molecule has 0 aliphatic carbocycles. The number of carbonyl (C=O) groups is 1. The molecule has 2 atom stereocenters. The Hall–Kier alpha value is -0.760. The molecule has 0 saturated heterocycles. The number of likely N-dealkylation sites (N-methyl/N-ethyl adjacent to an activating group) is 1. The Balaban J connectivity index is 4.19. The van der Waals surface area contributed by atoms with Gasteiger partial charge >= 0.3 is 13.8 Å². The molecule has 8 nitrogen and oxygen atoms in total. The molecule has 0 aliphatic heterocycles. The number of carbonyl (C=O) groups excluding carboxylic acids is 1. The Bertz CT molecular complexity index is 863. The van der Waals surface area contributed by atoms with E-state index in [1.165, 1.54) is 154 Å². The highest BCUT2D eigenvalue weighted by Crippen LogP contribution is 2.43. The minimum Gasteiger partial charge on any atom is -0.457 e. The first-order valence-electron chi connectivity index (χ1n) is 22.4. The van der Waals surface area contributed by atoms with Crippen molar-refractivity contribution in [2.45, 2.75) is 213 Å². The van der Waals surface area contributed by atoms with Crippen LogP contribution in [0.25, 0.3) is 0 Å². The Kier molecular flexibility index (Phi) is 37.6. The van der Waals surface area contributed by atoms with Gasteiger partial charge in [-0.25, -0.2) is 4.57 Å². The lowest BCUT2D eigenvalue weighted by molar-refractivity contribution is -0.870. The fourth-order valence-electron chi connectivity index (χ4n) is 6.31. The van der Waals surface area contributed by atoms with Crippen molar-refractivity contribution in [1.29, 1.82) is 0 Å². The molecule has 0 aliphatic rings. The number of allylic oxidation sites excluding steroid dienone is 2. The number of phosphoric acid groups is 1. The molecule has 0 saturated carbocycles. The molecule has 1 unspecified atom stereocenters. The van der Waals surface area contributed by atoms with Crippen molar-refractivity contribution >= 4 is 13.8 Å². The van der Waals surface area contributed by atoms with Crippen molar-refractivity contribution in [2.75, 3.05) is 54.1 Å². The van der Waals surface area contributed by atoms with Crippen molar-refractivity contribution in [1.82, 2.24) is 0 Å². The number of ether oxygens (including phenoxy) is 2. The van der Waals surface area contributed by atoms with Crippen molar-refractivity contribution in [3.8, 4) is 0 Å². The fraction of sp³-hybridized carbons (Fsp3) is 0.932. The summed E-state index contributed by atoms with van der Waals surface area (Å²) >= 11 is 0. The van der Waals surface area contributed by atoms with Crippen molar-refractivity contribution in [3.63, 3.8) is 0 Å². The van der Waals surface area contributed by atoms with Gasteiger partial charge in [0, 0.05) is 13.0 Å². The second-order valence-corrected chi connectivity index (χ2v) is 17.9. The van der Waals surface area contributed by atoms with Gasteiger partial charge in [-0.05, 0) is 38.5 Å². The average Bonchev–Trinajstić information content (AvgIpc) is 3.11. The molecule has 0 aromatic rings. The largest absolute Gasteiger partial charge is 0.472 e. The van der Waals surface area contributed by atoms with E-state index in [0.29, 0.717) is 24.1 Å². The van der Waals surface area contributed by atoms with Gasteiger partial charge in [-0.15, -0.1) is 0 Å². The summed E-state index contributed by atoms with van der Waals surface area (Å²) in [4.78, 5) is 22.9. The minimum atomic E-state index is -4.27. The lowest BCUT2D eigenvalue weighted by atomic mass is 10.0. The van der Waals surface area contributed by atoms with Crippen LogP contribution >= 0.6 is 7.82 Å². The van der Waals surface area contributed by atoms with Crippen molar-refractivity contribution in [2.24, 2.45) is 0 Å². The highest BCUT2D eigenvalue weighted by atomic mass is 31.2. The molecule has 53 heavy (non-hydrogen) atoms. The zero-order valence-corrected chi connectivity index (χ0v) is 36.7. The van der Waals surface area contributed by atoms with Crippen LogP contribution in [0.5, 0.6) is 0 Å². The number of hydrogen-bond acceptors (Lipinski definition) is 6. The maximum absolute atomic E-state index is 12.7. The summed E-state index contributed by atoms with van der Waals surface area (Å²) in [5.74, 6) is -0.312. The summed E-state index contributed by atoms with van der Waals surface area (Å²) in [5, 5.41) is 0. The van der Waals surface area contributed by atoms with Crippen LogP contribution in [-0.2, 0) is 27.9 Å². The smallest absolute Gasteiger partial charge is 0.457 e. The van der Waals surface area contributed by atoms with Crippen LogP contribution in [-0.4, -0.2) is 75.6 Å². The van der Waals surface area contributed by atoms with E-state index in [2.05, 4.69) is 26.0 Å². The monoisotopic (exact) mass is 775 g/mol. The molecule has 9 heteroatoms. The Morgan fingerprint density at radius 3 is 1.45 bits per heavy atom. The average molecular weight is 775 g/mol. The van der Waals surface area contributed by atoms with E-state index in [1.807, 2.05) is 21.1 Å². The predicted molar refractivity (Wildman–Crippen MR) is 224 cm³/mol. The quantitative estimate of drug-likeness (QED) is 0.0217. The number of phosphoric ester groups is 1. The standard InChI is InChI=1S/C44H88NO7P/c1-6-8-10-12-14-16-18-20-22-23-24-25-27-29-31-33-35-37-44(46)52-43(42-51-53(47,48)50-40-38-45(3,4)5)41-49-39-36-34-32-30-28-26-21-19-17-15-13-11-9-7-2/h17,19,43H,6-16,18,20-42H2,1-5H3/p+1/b19-17-/t43-/m1/s1. The summed E-state index contributed by atoms with van der Waals surface area (Å²) in [5.41, 5.74) is 0. The fourth-order valence-corrected chi connectivity index (χ4v) is 7.05. The van der Waals surface area contributed by atoms with E-state index < -0.39 is 13.9 Å². The summed E-state index contributed by atoms with van der Waals surface area (Å²) < 4.78 is 35.0. The molecule has 0 bridgehead atoms. The van der Waals surface area contributed by atoms with E-state index in [-0.39, 0.29) is 25.8 Å². The third-order valence-corrected chi connectivity index (χ3v) is 10.8. The maximum atomic E-state index is 12.7. The molecule has 0 fully saturated rings. The SMILES string of the molecule is CCCCCC/C=C\CCCCCCCCOC[C@H](COP(=O)(O)OCC[N+](C)(C)C)OC(=O)CCCCCCCCCCCCCCCCCCC. The Morgan fingerprint density at radius 1 is 0.566 bits per heavy atom. The highest BCUT2D eigenvalue weighted by Gasteiger charge is 2.26. The molecular formula is C44H89NO7P+. The van der Waals surface area contributed by atoms with Gasteiger partial charge in [-0.2, -0.15) is 0 Å². The molecule has 0 radical (unpaired) electrons. The van der Waals surface area contributed by atoms with Crippen LogP contribution < -0.4 is 0 Å². The summed E-state index contributed by atoms with van der Waals surface area (Å²) in [6, 6.07) is 0. The van der Waals surface area contributed by atoms with Gasteiger partial charge in [-0.1, -0.05) is 174 Å². The van der Waals surface area contributed by atoms with Crippen molar-refractivity contribution < 1.29 is 37.3 Å². The molecule has 0 heterocycles. The molecule has 1 N–H and O–H groups in total. The number of nitrogens with zero attached hydrogens (tertiary/aromatic N) is 1. The Labute approximate surface area is 329 Å². The number of rotatable bonds is 42. The molecule has 316 valence electrons. The number of quaternary nitrogens is 1. The normalized spacial score (nSPS) is 13.8. The van der Waals surface area contributed by atoms with Crippen LogP contribution in [0.2, 0.25) is 0 Å². The van der Waals surface area contributed by atoms with Crippen LogP contribution in [0.1, 0.15) is 206 Å². The van der Waals surface area contributed by atoms with Gasteiger partial charge in [0.25, 0.3) is 0 Å². The van der Waals surface area contributed by atoms with Gasteiger partial charge < -0.3 is 18.9 Å². The third-order valence-electron chi connectivity index (χ3n) is 9.83. The first-order chi connectivity index (χ1) is 25.6. The lowest BCUT2D eigenvalue weighted by Gasteiger charge is -2.24. The van der Waals surface area contributed by atoms with Gasteiger partial charge in [0.05, 0.1) is 34.4 Å². The van der Waals surface area contributed by atoms with Crippen LogP contribution in [0.4, 0.5) is 0 Å². The molecule has 0 aromatic carbocycles. The third kappa shape index (κ3) is 42.2. The minimum absolute atomic E-state index is 0.0906. The first kappa shape index (κ1) is 52.2. The van der Waals surface area contributed by atoms with Gasteiger partial charge in [0.2, 0.25) is 0 Å². The van der Waals surface area contributed by atoms with Gasteiger partial charge in [0.1, 0.15) is 19.3 Å². The van der Waals surface area contributed by atoms with E-state index >= 15 is 0 Å². The molecular weight excluding hydrogens is 685 g/mol. The molecule has 0 aromatic heterocycles. The lowest BCUT2D eigenvalue weighted by Crippen LogP contribution is -2.37. The summed E-state index contributed by atoms with van der Waals surface area (Å²) in [6.07, 6.45) is 40.9. The van der Waals surface area contributed by atoms with E-state index in [0.717, 1.165) is 32.1 Å². The van der Waals surface area contributed by atoms with Crippen LogP contribution in [0.15, 0.2) is 12.2 Å². The van der Waals surface area contributed by atoms with Crippen LogP contribution in [0.3, 0.4) is 0 Å². The van der Waals surface area contributed by atoms with E-state index in [9.17, 15) is 14.3 Å². The molecule has 0 spiro atoms. The maximum Gasteiger partial charge on any atom is 0.472 e. The number of unbranched alkanes of at least 4 members (excludes halogenated alkanes) is 26. The van der Waals surface area contributed by atoms with Gasteiger partial charge in [-0.3, -0.25) is 13.8 Å². The molecule has 0 amide bonds. The second-order valence-electron chi connectivity index (χ2n) is 16.4. The van der Waals surface area contributed by atoms with Gasteiger partial charge in [0.15, 0.2) is 0 Å². The van der Waals surface area contributed by atoms with E-state index in [4.69, 9.17) is 18.5 Å². The van der Waals surface area contributed by atoms with Crippen molar-refractivity contribution in [3.05, 3.63) is 12.2 Å². The van der Waals surface area contributed by atoms with Crippen LogP contribution in [0, 0.1) is 0 Å². The zero-order chi connectivity index (χ0) is 39.1. The number of esters is 1. The topological polar surface area (TPSA) is 91.3 Å². The summed E-state index contributed by atoms with van der Waals surface area (Å²) in [7, 11) is 1.67. The molecule has 0 rings (SSSR count). The summed E-state index contributed by atoms with van der Waals surface area (Å²) in [6.45, 7) is 5.63. The second kappa shape index (κ2) is 38.1. The zero-order valence-electron chi connectivity index (χ0n) is 35.8. The van der Waals surface area contributed by atoms with E-state index in [1.54, 1.807) is 0 Å². The Morgan fingerprint density at radius 2 is 0.981 bits per heavy atom. The highest BCUT2D eigenvalue weighted by molar-refractivity contribution is 7.47. The number of hydrogen-bond donors (Lipinski definition) is 1. The first-order valence-corrected chi connectivity index (χ1v) is 23.9.